The number of aromatic nitrogens is 1. The molecule has 2 amide bonds. The van der Waals surface area contributed by atoms with Crippen molar-refractivity contribution in [3.8, 4) is 11.1 Å². The van der Waals surface area contributed by atoms with Crippen LogP contribution in [-0.2, 0) is 27.2 Å². The molecular formula is C32H36ClF2N3O3. The summed E-state index contributed by atoms with van der Waals surface area (Å²) in [7, 11) is 0. The predicted octanol–water partition coefficient (Wildman–Crippen LogP) is 7.85. The molecule has 4 rings (SSSR count). The van der Waals surface area contributed by atoms with Crippen molar-refractivity contribution in [1.82, 2.24) is 10.3 Å². The molecule has 2 atom stereocenters. The van der Waals surface area contributed by atoms with Crippen molar-refractivity contribution >= 4 is 29.3 Å². The van der Waals surface area contributed by atoms with Crippen LogP contribution >= 0.6 is 11.6 Å². The zero-order valence-corrected chi connectivity index (χ0v) is 25.2. The number of amides is 2. The summed E-state index contributed by atoms with van der Waals surface area (Å²) in [5.74, 6) is -1.19. The molecule has 1 N–H and O–H groups in total. The van der Waals surface area contributed by atoms with Crippen LogP contribution in [0, 0.1) is 5.82 Å². The van der Waals surface area contributed by atoms with E-state index in [9.17, 15) is 9.59 Å². The molecule has 218 valence electrons. The first-order valence-electron chi connectivity index (χ1n) is 13.5. The summed E-state index contributed by atoms with van der Waals surface area (Å²) in [5.41, 5.74) is -0.698. The third-order valence-corrected chi connectivity index (χ3v) is 7.20. The SMILES string of the molecule is CC(C)(C)OC(=O)N[C@H]1CC(C)(F)c2cc(F)c(-c3cncc(C(C)(C)C)c3)cc2N(Cc2ccc(Cl)cc2)C1=O. The Morgan fingerprint density at radius 3 is 2.39 bits per heavy atom. The van der Waals surface area contributed by atoms with Crippen LogP contribution < -0.4 is 10.2 Å². The fourth-order valence-electron chi connectivity index (χ4n) is 4.81. The number of fused-ring (bicyclic) bond motifs is 1. The molecule has 1 aromatic heterocycles. The Morgan fingerprint density at radius 2 is 1.78 bits per heavy atom. The lowest BCUT2D eigenvalue weighted by Gasteiger charge is -2.28. The summed E-state index contributed by atoms with van der Waals surface area (Å²) in [5, 5.41) is 3.07. The van der Waals surface area contributed by atoms with Crippen molar-refractivity contribution in [1.29, 1.82) is 0 Å². The number of hydrogen-bond acceptors (Lipinski definition) is 4. The van der Waals surface area contributed by atoms with Gasteiger partial charge in [0.1, 0.15) is 23.1 Å². The summed E-state index contributed by atoms with van der Waals surface area (Å²) in [6, 6.07) is 10.1. The van der Waals surface area contributed by atoms with Crippen molar-refractivity contribution < 1.29 is 23.1 Å². The number of carbonyl (C=O) groups is 2. The standard InChI is InChI=1S/C32H36ClF2N3O3/c1-30(2,3)21-12-20(16-36-17-21)23-13-27-24(14-25(23)34)32(7,35)15-26(37-29(40)41-31(4,5)6)28(39)38(27)18-19-8-10-22(33)11-9-19/h8-14,16-17,26H,15,18H2,1-7H3,(H,37,40)/t26-,32?/m0/s1. The van der Waals surface area contributed by atoms with Gasteiger partial charge in [0.05, 0.1) is 12.2 Å². The van der Waals surface area contributed by atoms with E-state index in [2.05, 4.69) is 10.3 Å². The number of anilines is 1. The van der Waals surface area contributed by atoms with Crippen molar-refractivity contribution in [2.45, 2.75) is 84.2 Å². The Hall–Kier alpha value is -3.52. The Kier molecular flexibility index (Phi) is 8.20. The van der Waals surface area contributed by atoms with Gasteiger partial charge in [-0.15, -0.1) is 0 Å². The van der Waals surface area contributed by atoms with E-state index in [0.717, 1.165) is 17.2 Å². The van der Waals surface area contributed by atoms with Gasteiger partial charge in [0.2, 0.25) is 5.91 Å². The number of ether oxygens (including phenoxy) is 1. The molecule has 2 heterocycles. The van der Waals surface area contributed by atoms with Gasteiger partial charge in [0, 0.05) is 40.5 Å². The van der Waals surface area contributed by atoms with Crippen LogP contribution in [0.1, 0.15) is 71.6 Å². The molecule has 0 saturated heterocycles. The predicted molar refractivity (Wildman–Crippen MR) is 157 cm³/mol. The molecule has 0 saturated carbocycles. The fraction of sp³-hybridized carbons (Fsp3) is 0.406. The number of nitrogens with zero attached hydrogens (tertiary/aromatic N) is 2. The topological polar surface area (TPSA) is 71.5 Å². The first kappa shape index (κ1) is 30.4. The number of pyridine rings is 1. The number of alkyl halides is 1. The summed E-state index contributed by atoms with van der Waals surface area (Å²) in [4.78, 5) is 32.4. The Morgan fingerprint density at radius 1 is 1.12 bits per heavy atom. The molecule has 3 aromatic rings. The quantitative estimate of drug-likeness (QED) is 0.339. The first-order chi connectivity index (χ1) is 18.9. The Balaban J connectivity index is 1.86. The third kappa shape index (κ3) is 7.04. The lowest BCUT2D eigenvalue weighted by atomic mass is 9.86. The lowest BCUT2D eigenvalue weighted by molar-refractivity contribution is -0.121. The number of rotatable bonds is 4. The van der Waals surface area contributed by atoms with Gasteiger partial charge in [-0.05, 0) is 74.6 Å². The molecule has 9 heteroatoms. The number of alkyl carbamates (subject to hydrolysis) is 1. The van der Waals surface area contributed by atoms with Crippen molar-refractivity contribution in [3.05, 3.63) is 82.4 Å². The Bertz CT molecular complexity index is 1460. The second kappa shape index (κ2) is 11.0. The highest BCUT2D eigenvalue weighted by Crippen LogP contribution is 2.44. The summed E-state index contributed by atoms with van der Waals surface area (Å²) in [6.07, 6.45) is 2.02. The van der Waals surface area contributed by atoms with Gasteiger partial charge in [-0.3, -0.25) is 9.78 Å². The first-order valence-corrected chi connectivity index (χ1v) is 13.9. The number of halogens is 3. The number of carbonyl (C=O) groups excluding carboxylic acids is 2. The van der Waals surface area contributed by atoms with E-state index in [4.69, 9.17) is 16.3 Å². The van der Waals surface area contributed by atoms with Crippen LogP contribution in [0.25, 0.3) is 11.1 Å². The molecule has 0 bridgehead atoms. The third-order valence-electron chi connectivity index (χ3n) is 6.95. The second-order valence-electron chi connectivity index (χ2n) is 12.7. The molecule has 0 spiro atoms. The minimum absolute atomic E-state index is 0.00878. The smallest absolute Gasteiger partial charge is 0.408 e. The fourth-order valence-corrected chi connectivity index (χ4v) is 4.93. The average Bonchev–Trinajstić information content (AvgIpc) is 2.92. The summed E-state index contributed by atoms with van der Waals surface area (Å²) in [6.45, 7) is 12.5. The number of nitrogens with one attached hydrogen (secondary N) is 1. The maximum atomic E-state index is 16.5. The molecule has 1 aliphatic heterocycles. The number of hydrogen-bond donors (Lipinski definition) is 1. The van der Waals surface area contributed by atoms with Gasteiger partial charge in [-0.2, -0.15) is 0 Å². The zero-order chi connectivity index (χ0) is 30.3. The van der Waals surface area contributed by atoms with Crippen LogP contribution in [-0.4, -0.2) is 28.6 Å². The molecule has 6 nitrogen and oxygen atoms in total. The maximum absolute atomic E-state index is 16.5. The van der Waals surface area contributed by atoms with E-state index < -0.39 is 41.6 Å². The maximum Gasteiger partial charge on any atom is 0.408 e. The molecule has 0 fully saturated rings. The van der Waals surface area contributed by atoms with Gasteiger partial charge in [-0.1, -0.05) is 44.5 Å². The van der Waals surface area contributed by atoms with Crippen molar-refractivity contribution in [2.24, 2.45) is 0 Å². The Labute approximate surface area is 245 Å². The normalized spacial score (nSPS) is 19.4. The molecule has 0 radical (unpaired) electrons. The highest BCUT2D eigenvalue weighted by atomic mass is 35.5. The van der Waals surface area contributed by atoms with Gasteiger partial charge in [0.25, 0.3) is 0 Å². The largest absolute Gasteiger partial charge is 0.444 e. The molecular weight excluding hydrogens is 548 g/mol. The van der Waals surface area contributed by atoms with Gasteiger partial charge >= 0.3 is 6.09 Å². The van der Waals surface area contributed by atoms with E-state index in [1.807, 2.05) is 26.8 Å². The summed E-state index contributed by atoms with van der Waals surface area (Å²) >= 11 is 6.07. The summed E-state index contributed by atoms with van der Waals surface area (Å²) < 4.78 is 37.6. The average molecular weight is 584 g/mol. The molecule has 2 aromatic carbocycles. The van der Waals surface area contributed by atoms with Crippen LogP contribution in [0.4, 0.5) is 19.3 Å². The van der Waals surface area contributed by atoms with Crippen LogP contribution in [0.5, 0.6) is 0 Å². The monoisotopic (exact) mass is 583 g/mol. The van der Waals surface area contributed by atoms with Crippen LogP contribution in [0.15, 0.2) is 54.9 Å². The van der Waals surface area contributed by atoms with Gasteiger partial charge in [-0.25, -0.2) is 13.6 Å². The van der Waals surface area contributed by atoms with E-state index >= 15 is 8.78 Å². The lowest BCUT2D eigenvalue weighted by Crippen LogP contribution is -2.50. The van der Waals surface area contributed by atoms with Crippen LogP contribution in [0.2, 0.25) is 5.02 Å². The highest BCUT2D eigenvalue weighted by Gasteiger charge is 2.44. The van der Waals surface area contributed by atoms with Crippen molar-refractivity contribution in [3.63, 3.8) is 0 Å². The second-order valence-corrected chi connectivity index (χ2v) is 13.1. The molecule has 0 aliphatic carbocycles. The molecule has 1 aliphatic rings. The van der Waals surface area contributed by atoms with E-state index in [0.29, 0.717) is 10.6 Å². The van der Waals surface area contributed by atoms with Gasteiger partial charge < -0.3 is 15.0 Å². The minimum atomic E-state index is -2.16. The minimum Gasteiger partial charge on any atom is -0.444 e. The zero-order valence-electron chi connectivity index (χ0n) is 24.4. The van der Waals surface area contributed by atoms with Gasteiger partial charge in [0.15, 0.2) is 0 Å². The van der Waals surface area contributed by atoms with Crippen molar-refractivity contribution in [2.75, 3.05) is 4.90 Å². The molecule has 1 unspecified atom stereocenters. The van der Waals surface area contributed by atoms with Crippen LogP contribution in [0.3, 0.4) is 0 Å². The van der Waals surface area contributed by atoms with E-state index in [1.165, 1.54) is 17.9 Å². The molecule has 41 heavy (non-hydrogen) atoms. The number of benzene rings is 2. The van der Waals surface area contributed by atoms with E-state index in [1.54, 1.807) is 57.4 Å². The van der Waals surface area contributed by atoms with E-state index in [-0.39, 0.29) is 28.8 Å². The highest BCUT2D eigenvalue weighted by molar-refractivity contribution is 6.30.